The normalized spacial score (nSPS) is 10.9. The molecule has 32 heavy (non-hydrogen) atoms. The van der Waals surface area contributed by atoms with E-state index in [1.165, 1.54) is 5.56 Å². The molecule has 0 aliphatic rings. The molecule has 0 aliphatic heterocycles. The predicted molar refractivity (Wildman–Crippen MR) is 126 cm³/mol. The molecule has 0 spiro atoms. The molecule has 0 N–H and O–H groups in total. The number of hydrogen-bond donors (Lipinski definition) is 0. The highest BCUT2D eigenvalue weighted by Gasteiger charge is 2.17. The van der Waals surface area contributed by atoms with Crippen molar-refractivity contribution in [2.75, 3.05) is 13.7 Å². The van der Waals surface area contributed by atoms with Gasteiger partial charge in [0, 0.05) is 19.8 Å². The maximum atomic E-state index is 12.7. The van der Waals surface area contributed by atoms with E-state index in [0.29, 0.717) is 18.8 Å². The molecule has 0 saturated carbocycles. The van der Waals surface area contributed by atoms with E-state index in [2.05, 4.69) is 34.7 Å². The van der Waals surface area contributed by atoms with Crippen LogP contribution in [-0.2, 0) is 13.1 Å². The van der Waals surface area contributed by atoms with Crippen LogP contribution in [0, 0.1) is 6.92 Å². The van der Waals surface area contributed by atoms with Crippen LogP contribution >= 0.6 is 0 Å². The van der Waals surface area contributed by atoms with Gasteiger partial charge in [0.15, 0.2) is 0 Å². The molecule has 4 aromatic rings. The third-order valence-electron chi connectivity index (χ3n) is 5.38. The quantitative estimate of drug-likeness (QED) is 0.357. The summed E-state index contributed by atoms with van der Waals surface area (Å²) in [6.45, 7) is 3.97. The number of amides is 1. The Kier molecular flexibility index (Phi) is 6.80. The molecular formula is C26H28N4O2. The molecule has 0 fully saturated rings. The molecule has 0 atom stereocenters. The van der Waals surface area contributed by atoms with Crippen LogP contribution in [0.4, 0.5) is 0 Å². The fourth-order valence-corrected chi connectivity index (χ4v) is 3.73. The number of rotatable bonds is 9. The standard InChI is InChI=1S/C26H28N4O2/c1-20-10-9-11-21(18-20)32-17-8-7-16-30-24-14-4-3-12-22(24)28-25(30)19-29(2)26(31)23-13-5-6-15-27-23/h3-6,9-15,18H,7-8,16-17,19H2,1-2H3. The van der Waals surface area contributed by atoms with Crippen LogP contribution in [0.5, 0.6) is 5.75 Å². The minimum Gasteiger partial charge on any atom is -0.494 e. The highest BCUT2D eigenvalue weighted by atomic mass is 16.5. The summed E-state index contributed by atoms with van der Waals surface area (Å²) >= 11 is 0. The summed E-state index contributed by atoms with van der Waals surface area (Å²) in [6.07, 6.45) is 3.52. The smallest absolute Gasteiger partial charge is 0.272 e. The van der Waals surface area contributed by atoms with Crippen LogP contribution in [0.1, 0.15) is 34.7 Å². The summed E-state index contributed by atoms with van der Waals surface area (Å²) in [7, 11) is 1.79. The zero-order valence-electron chi connectivity index (χ0n) is 18.6. The second-order valence-corrected chi connectivity index (χ2v) is 7.92. The van der Waals surface area contributed by atoms with Crippen LogP contribution in [0.25, 0.3) is 11.0 Å². The molecular weight excluding hydrogens is 400 g/mol. The minimum atomic E-state index is -0.115. The van der Waals surface area contributed by atoms with Gasteiger partial charge in [-0.15, -0.1) is 0 Å². The zero-order valence-corrected chi connectivity index (χ0v) is 18.6. The first-order valence-corrected chi connectivity index (χ1v) is 10.9. The highest BCUT2D eigenvalue weighted by Crippen LogP contribution is 2.19. The monoisotopic (exact) mass is 428 g/mol. The van der Waals surface area contributed by atoms with Crippen molar-refractivity contribution < 1.29 is 9.53 Å². The maximum absolute atomic E-state index is 12.7. The summed E-state index contributed by atoms with van der Waals surface area (Å²) in [5.74, 6) is 1.67. The summed E-state index contributed by atoms with van der Waals surface area (Å²) in [5.41, 5.74) is 3.66. The summed E-state index contributed by atoms with van der Waals surface area (Å²) in [5, 5.41) is 0. The molecule has 2 heterocycles. The first-order chi connectivity index (χ1) is 15.6. The van der Waals surface area contributed by atoms with Gasteiger partial charge in [-0.2, -0.15) is 0 Å². The zero-order chi connectivity index (χ0) is 22.3. The Bertz CT molecular complexity index is 1190. The minimum absolute atomic E-state index is 0.115. The van der Waals surface area contributed by atoms with Crippen LogP contribution < -0.4 is 4.74 Å². The average molecular weight is 429 g/mol. The maximum Gasteiger partial charge on any atom is 0.272 e. The molecule has 2 aromatic heterocycles. The molecule has 6 heteroatoms. The van der Waals surface area contributed by atoms with Gasteiger partial charge >= 0.3 is 0 Å². The first-order valence-electron chi connectivity index (χ1n) is 10.9. The van der Waals surface area contributed by atoms with Gasteiger partial charge in [0.05, 0.1) is 24.2 Å². The third-order valence-corrected chi connectivity index (χ3v) is 5.38. The molecule has 0 aliphatic carbocycles. The van der Waals surface area contributed by atoms with E-state index in [1.54, 1.807) is 30.3 Å². The van der Waals surface area contributed by atoms with Crippen molar-refractivity contribution in [2.24, 2.45) is 0 Å². The number of unbranched alkanes of at least 4 members (excludes halogenated alkanes) is 1. The SMILES string of the molecule is Cc1cccc(OCCCCn2c(CN(C)C(=O)c3ccccn3)nc3ccccc32)c1. The first kappa shape index (κ1) is 21.6. The van der Waals surface area contributed by atoms with Gasteiger partial charge < -0.3 is 14.2 Å². The van der Waals surface area contributed by atoms with Crippen molar-refractivity contribution in [2.45, 2.75) is 32.9 Å². The average Bonchev–Trinajstić information content (AvgIpc) is 3.16. The third kappa shape index (κ3) is 5.14. The molecule has 164 valence electrons. The van der Waals surface area contributed by atoms with Gasteiger partial charge in [-0.1, -0.05) is 30.3 Å². The van der Waals surface area contributed by atoms with E-state index >= 15 is 0 Å². The topological polar surface area (TPSA) is 60.2 Å². The molecule has 6 nitrogen and oxygen atoms in total. The fraction of sp³-hybridized carbons (Fsp3) is 0.269. The van der Waals surface area contributed by atoms with E-state index in [-0.39, 0.29) is 5.91 Å². The number of pyridine rings is 1. The summed E-state index contributed by atoms with van der Waals surface area (Å²) < 4.78 is 8.10. The number of aromatic nitrogens is 3. The Morgan fingerprint density at radius 1 is 1.03 bits per heavy atom. The van der Waals surface area contributed by atoms with E-state index in [9.17, 15) is 4.79 Å². The number of carbonyl (C=O) groups is 1. The van der Waals surface area contributed by atoms with E-state index in [0.717, 1.165) is 42.0 Å². The Balaban J connectivity index is 1.41. The largest absolute Gasteiger partial charge is 0.494 e. The molecule has 2 aromatic carbocycles. The number of benzene rings is 2. The Hall–Kier alpha value is -3.67. The lowest BCUT2D eigenvalue weighted by Crippen LogP contribution is -2.28. The van der Waals surface area contributed by atoms with Crippen LogP contribution in [0.15, 0.2) is 72.9 Å². The van der Waals surface area contributed by atoms with E-state index < -0.39 is 0 Å². The van der Waals surface area contributed by atoms with Crippen LogP contribution in [0.3, 0.4) is 0 Å². The van der Waals surface area contributed by atoms with Gasteiger partial charge in [-0.3, -0.25) is 9.78 Å². The molecule has 0 unspecified atom stereocenters. The lowest BCUT2D eigenvalue weighted by atomic mass is 10.2. The van der Waals surface area contributed by atoms with Gasteiger partial charge in [0.1, 0.15) is 17.3 Å². The highest BCUT2D eigenvalue weighted by molar-refractivity contribution is 5.92. The number of hydrogen-bond acceptors (Lipinski definition) is 4. The molecule has 0 saturated heterocycles. The summed E-state index contributed by atoms with van der Waals surface area (Å²) in [6, 6.07) is 21.6. The van der Waals surface area contributed by atoms with Gasteiger partial charge in [0.25, 0.3) is 5.91 Å². The molecule has 0 radical (unpaired) electrons. The fourth-order valence-electron chi connectivity index (χ4n) is 3.73. The molecule has 0 bridgehead atoms. The van der Waals surface area contributed by atoms with Gasteiger partial charge in [-0.05, 0) is 61.7 Å². The number of aryl methyl sites for hydroxylation is 2. The number of para-hydroxylation sites is 2. The van der Waals surface area contributed by atoms with E-state index in [1.807, 2.05) is 36.4 Å². The van der Waals surface area contributed by atoms with E-state index in [4.69, 9.17) is 9.72 Å². The number of carbonyl (C=O) groups excluding carboxylic acids is 1. The molecule has 1 amide bonds. The molecule has 4 rings (SSSR count). The van der Waals surface area contributed by atoms with Crippen molar-refractivity contribution in [1.29, 1.82) is 0 Å². The van der Waals surface area contributed by atoms with Gasteiger partial charge in [-0.25, -0.2) is 4.98 Å². The number of imidazole rings is 1. The van der Waals surface area contributed by atoms with Crippen molar-refractivity contribution in [3.63, 3.8) is 0 Å². The Morgan fingerprint density at radius 2 is 1.88 bits per heavy atom. The number of nitrogens with zero attached hydrogens (tertiary/aromatic N) is 4. The number of ether oxygens (including phenoxy) is 1. The van der Waals surface area contributed by atoms with Crippen molar-refractivity contribution in [3.8, 4) is 5.75 Å². The second kappa shape index (κ2) is 10.1. The summed E-state index contributed by atoms with van der Waals surface area (Å²) in [4.78, 5) is 23.4. The van der Waals surface area contributed by atoms with Crippen molar-refractivity contribution >= 4 is 16.9 Å². The Labute approximate surface area is 188 Å². The van der Waals surface area contributed by atoms with Crippen LogP contribution in [-0.4, -0.2) is 39.0 Å². The second-order valence-electron chi connectivity index (χ2n) is 7.92. The van der Waals surface area contributed by atoms with Crippen molar-refractivity contribution in [1.82, 2.24) is 19.4 Å². The predicted octanol–water partition coefficient (Wildman–Crippen LogP) is 4.87. The van der Waals surface area contributed by atoms with Crippen molar-refractivity contribution in [3.05, 3.63) is 90.0 Å². The lowest BCUT2D eigenvalue weighted by Gasteiger charge is -2.17. The Morgan fingerprint density at radius 3 is 2.69 bits per heavy atom. The number of fused-ring (bicyclic) bond motifs is 1. The lowest BCUT2D eigenvalue weighted by molar-refractivity contribution is 0.0774. The van der Waals surface area contributed by atoms with Gasteiger partial charge in [0.2, 0.25) is 0 Å². The van der Waals surface area contributed by atoms with Crippen LogP contribution in [0.2, 0.25) is 0 Å².